The van der Waals surface area contributed by atoms with Gasteiger partial charge in [0.1, 0.15) is 6.33 Å². The van der Waals surface area contributed by atoms with Gasteiger partial charge in [-0.3, -0.25) is 9.55 Å². The van der Waals surface area contributed by atoms with Crippen LogP contribution in [0.2, 0.25) is 0 Å². The molecule has 0 bridgehead atoms. The van der Waals surface area contributed by atoms with Gasteiger partial charge in [0, 0.05) is 5.69 Å². The molecule has 90 valence electrons. The van der Waals surface area contributed by atoms with Crippen molar-refractivity contribution in [2.45, 2.75) is 19.8 Å². The van der Waals surface area contributed by atoms with Crippen LogP contribution < -0.4 is 0 Å². The standard InChI is InChI=1S/C15H15N3/c1-11(2)13-8-7-12(9-16-13)18-10-17-14-5-3-4-6-15(14)18/h3-11H,1-2H3. The van der Waals surface area contributed by atoms with Crippen molar-refractivity contribution in [2.75, 3.05) is 0 Å². The molecule has 2 heterocycles. The Hall–Kier alpha value is -2.16. The van der Waals surface area contributed by atoms with Gasteiger partial charge < -0.3 is 0 Å². The first kappa shape index (κ1) is 11.0. The normalized spacial score (nSPS) is 11.3. The number of aromatic nitrogens is 3. The molecule has 3 heteroatoms. The number of imidazole rings is 1. The second-order valence-corrected chi connectivity index (χ2v) is 4.70. The summed E-state index contributed by atoms with van der Waals surface area (Å²) in [5, 5.41) is 0. The summed E-state index contributed by atoms with van der Waals surface area (Å²) in [6.07, 6.45) is 3.75. The fourth-order valence-electron chi connectivity index (χ4n) is 2.05. The van der Waals surface area contributed by atoms with Crippen LogP contribution in [0, 0.1) is 0 Å². The van der Waals surface area contributed by atoms with Crippen LogP contribution in [0.25, 0.3) is 16.7 Å². The first-order valence-corrected chi connectivity index (χ1v) is 6.14. The smallest absolute Gasteiger partial charge is 0.100 e. The predicted molar refractivity (Wildman–Crippen MR) is 73.0 cm³/mol. The molecule has 0 unspecified atom stereocenters. The number of fused-ring (bicyclic) bond motifs is 1. The zero-order chi connectivity index (χ0) is 12.5. The summed E-state index contributed by atoms with van der Waals surface area (Å²) in [7, 11) is 0. The van der Waals surface area contributed by atoms with E-state index in [4.69, 9.17) is 0 Å². The molecule has 0 atom stereocenters. The van der Waals surface area contributed by atoms with Gasteiger partial charge in [-0.1, -0.05) is 26.0 Å². The van der Waals surface area contributed by atoms with Crippen LogP contribution in [0.4, 0.5) is 0 Å². The van der Waals surface area contributed by atoms with Crippen molar-refractivity contribution >= 4 is 11.0 Å². The molecule has 0 amide bonds. The lowest BCUT2D eigenvalue weighted by Gasteiger charge is -2.07. The van der Waals surface area contributed by atoms with Crippen LogP contribution in [0.3, 0.4) is 0 Å². The van der Waals surface area contributed by atoms with E-state index in [1.807, 2.05) is 30.7 Å². The largest absolute Gasteiger partial charge is 0.297 e. The highest BCUT2D eigenvalue weighted by Gasteiger charge is 2.05. The van der Waals surface area contributed by atoms with Gasteiger partial charge in [-0.2, -0.15) is 0 Å². The van der Waals surface area contributed by atoms with E-state index in [-0.39, 0.29) is 0 Å². The molecule has 0 saturated carbocycles. The Labute approximate surface area is 106 Å². The van der Waals surface area contributed by atoms with Crippen molar-refractivity contribution in [2.24, 2.45) is 0 Å². The van der Waals surface area contributed by atoms with Gasteiger partial charge in [0.05, 0.1) is 22.9 Å². The van der Waals surface area contributed by atoms with E-state index < -0.39 is 0 Å². The van der Waals surface area contributed by atoms with E-state index in [1.165, 1.54) is 0 Å². The third-order valence-corrected chi connectivity index (χ3v) is 3.09. The number of para-hydroxylation sites is 2. The Morgan fingerprint density at radius 3 is 2.56 bits per heavy atom. The number of rotatable bonds is 2. The summed E-state index contributed by atoms with van der Waals surface area (Å²) in [5.41, 5.74) is 4.28. The average Bonchev–Trinajstić information content (AvgIpc) is 2.82. The van der Waals surface area contributed by atoms with Crippen molar-refractivity contribution in [3.8, 4) is 5.69 Å². The Kier molecular flexibility index (Phi) is 2.59. The first-order chi connectivity index (χ1) is 8.75. The number of hydrogen-bond donors (Lipinski definition) is 0. The molecule has 0 aliphatic rings. The lowest BCUT2D eigenvalue weighted by molar-refractivity contribution is 0.820. The molecule has 0 saturated heterocycles. The fourth-order valence-corrected chi connectivity index (χ4v) is 2.05. The quantitative estimate of drug-likeness (QED) is 0.682. The van der Waals surface area contributed by atoms with Crippen molar-refractivity contribution in [1.82, 2.24) is 14.5 Å². The van der Waals surface area contributed by atoms with Gasteiger partial charge in [0.2, 0.25) is 0 Å². The van der Waals surface area contributed by atoms with Crippen LogP contribution in [0.5, 0.6) is 0 Å². The number of benzene rings is 1. The van der Waals surface area contributed by atoms with Crippen molar-refractivity contribution in [3.63, 3.8) is 0 Å². The van der Waals surface area contributed by atoms with E-state index in [0.29, 0.717) is 5.92 Å². The number of pyridine rings is 1. The molecule has 3 rings (SSSR count). The first-order valence-electron chi connectivity index (χ1n) is 6.14. The summed E-state index contributed by atoms with van der Waals surface area (Å²) >= 11 is 0. The molecule has 0 spiro atoms. The monoisotopic (exact) mass is 237 g/mol. The minimum Gasteiger partial charge on any atom is -0.297 e. The molecular formula is C15H15N3. The molecule has 1 aromatic carbocycles. The average molecular weight is 237 g/mol. The van der Waals surface area contributed by atoms with E-state index >= 15 is 0 Å². The van der Waals surface area contributed by atoms with Gasteiger partial charge in [-0.05, 0) is 30.2 Å². The van der Waals surface area contributed by atoms with Gasteiger partial charge in [-0.25, -0.2) is 4.98 Å². The molecule has 3 nitrogen and oxygen atoms in total. The SMILES string of the molecule is CC(C)c1ccc(-n2cnc3ccccc32)cn1. The maximum absolute atomic E-state index is 4.49. The zero-order valence-corrected chi connectivity index (χ0v) is 10.5. The molecular weight excluding hydrogens is 222 g/mol. The van der Waals surface area contributed by atoms with Crippen LogP contribution in [0.1, 0.15) is 25.5 Å². The zero-order valence-electron chi connectivity index (χ0n) is 10.5. The molecule has 18 heavy (non-hydrogen) atoms. The highest BCUT2D eigenvalue weighted by atomic mass is 15.1. The molecule has 0 N–H and O–H groups in total. The van der Waals surface area contributed by atoms with E-state index in [9.17, 15) is 0 Å². The summed E-state index contributed by atoms with van der Waals surface area (Å²) in [4.78, 5) is 8.88. The van der Waals surface area contributed by atoms with Gasteiger partial charge in [0.25, 0.3) is 0 Å². The van der Waals surface area contributed by atoms with E-state index in [0.717, 1.165) is 22.4 Å². The Bertz CT molecular complexity index is 666. The Morgan fingerprint density at radius 2 is 1.83 bits per heavy atom. The number of hydrogen-bond acceptors (Lipinski definition) is 2. The van der Waals surface area contributed by atoms with Crippen molar-refractivity contribution in [1.29, 1.82) is 0 Å². The third-order valence-electron chi connectivity index (χ3n) is 3.09. The molecule has 3 aromatic rings. The highest BCUT2D eigenvalue weighted by Crippen LogP contribution is 2.18. The fraction of sp³-hybridized carbons (Fsp3) is 0.200. The minimum absolute atomic E-state index is 0.457. The Morgan fingerprint density at radius 1 is 1.00 bits per heavy atom. The molecule has 0 aliphatic carbocycles. The van der Waals surface area contributed by atoms with Gasteiger partial charge in [0.15, 0.2) is 0 Å². The lowest BCUT2D eigenvalue weighted by Crippen LogP contribution is -1.96. The summed E-state index contributed by atoms with van der Waals surface area (Å²) < 4.78 is 2.06. The van der Waals surface area contributed by atoms with E-state index in [2.05, 4.69) is 46.6 Å². The lowest BCUT2D eigenvalue weighted by atomic mass is 10.1. The minimum atomic E-state index is 0.457. The topological polar surface area (TPSA) is 30.7 Å². The predicted octanol–water partition coefficient (Wildman–Crippen LogP) is 3.54. The number of nitrogens with zero attached hydrogens (tertiary/aromatic N) is 3. The molecule has 2 aromatic heterocycles. The summed E-state index contributed by atoms with van der Waals surface area (Å²) in [5.74, 6) is 0.457. The van der Waals surface area contributed by atoms with Crippen molar-refractivity contribution < 1.29 is 0 Å². The van der Waals surface area contributed by atoms with Crippen LogP contribution in [-0.2, 0) is 0 Å². The summed E-state index contributed by atoms with van der Waals surface area (Å²) in [6.45, 7) is 4.29. The maximum atomic E-state index is 4.49. The molecule has 0 aliphatic heterocycles. The highest BCUT2D eigenvalue weighted by molar-refractivity contribution is 5.77. The van der Waals surface area contributed by atoms with Gasteiger partial charge in [-0.15, -0.1) is 0 Å². The Balaban J connectivity index is 2.09. The van der Waals surface area contributed by atoms with Crippen LogP contribution >= 0.6 is 0 Å². The summed E-state index contributed by atoms with van der Waals surface area (Å²) in [6, 6.07) is 12.3. The maximum Gasteiger partial charge on any atom is 0.100 e. The second-order valence-electron chi connectivity index (χ2n) is 4.70. The second kappa shape index (κ2) is 4.26. The molecule has 0 fully saturated rings. The van der Waals surface area contributed by atoms with Crippen LogP contribution in [-0.4, -0.2) is 14.5 Å². The third kappa shape index (κ3) is 1.78. The molecule has 0 radical (unpaired) electrons. The van der Waals surface area contributed by atoms with E-state index in [1.54, 1.807) is 0 Å². The van der Waals surface area contributed by atoms with Crippen LogP contribution in [0.15, 0.2) is 48.9 Å². The van der Waals surface area contributed by atoms with Crippen molar-refractivity contribution in [3.05, 3.63) is 54.6 Å². The van der Waals surface area contributed by atoms with Gasteiger partial charge >= 0.3 is 0 Å².